The highest BCUT2D eigenvalue weighted by molar-refractivity contribution is 5.87. The van der Waals surface area contributed by atoms with Gasteiger partial charge in [0.05, 0.1) is 23.2 Å². The minimum absolute atomic E-state index is 0.144. The zero-order chi connectivity index (χ0) is 8.55. The number of H-pyrrole nitrogens is 1. The number of hydrogen-bond acceptors (Lipinski definition) is 3. The number of rotatable bonds is 1. The van der Waals surface area contributed by atoms with E-state index in [0.29, 0.717) is 16.6 Å². The van der Waals surface area contributed by atoms with E-state index in [1.807, 2.05) is 0 Å². The van der Waals surface area contributed by atoms with Crippen LogP contribution in [0.25, 0.3) is 10.9 Å². The maximum absolute atomic E-state index is 9.40. The van der Waals surface area contributed by atoms with Crippen LogP contribution in [0.5, 0.6) is 5.75 Å². The van der Waals surface area contributed by atoms with Crippen LogP contribution in [0.1, 0.15) is 5.69 Å². The van der Waals surface area contributed by atoms with Crippen molar-refractivity contribution in [3.8, 4) is 5.75 Å². The van der Waals surface area contributed by atoms with E-state index in [1.54, 1.807) is 18.2 Å². The standard InChI is InChI=1S/C8H8N2O2/c11-4-6-8-5(9-10-6)2-1-3-7(8)12/h1-3,11-12H,4H2,(H,9,10). The molecule has 0 unspecified atom stereocenters. The van der Waals surface area contributed by atoms with Crippen LogP contribution in [0.3, 0.4) is 0 Å². The monoisotopic (exact) mass is 164 g/mol. The van der Waals surface area contributed by atoms with Gasteiger partial charge in [0.2, 0.25) is 0 Å². The normalized spacial score (nSPS) is 10.8. The number of nitrogens with one attached hydrogen (secondary N) is 1. The molecule has 0 bridgehead atoms. The molecule has 0 fully saturated rings. The van der Waals surface area contributed by atoms with E-state index in [2.05, 4.69) is 10.2 Å². The highest BCUT2D eigenvalue weighted by Gasteiger charge is 2.07. The zero-order valence-corrected chi connectivity index (χ0v) is 6.28. The number of benzene rings is 1. The summed E-state index contributed by atoms with van der Waals surface area (Å²) in [6.07, 6.45) is 0. The molecule has 0 aliphatic heterocycles. The Balaban J connectivity index is 2.83. The van der Waals surface area contributed by atoms with Crippen LogP contribution in [0.4, 0.5) is 0 Å². The molecule has 0 radical (unpaired) electrons. The number of hydrogen-bond donors (Lipinski definition) is 3. The fourth-order valence-corrected chi connectivity index (χ4v) is 1.23. The van der Waals surface area contributed by atoms with Gasteiger partial charge in [-0.3, -0.25) is 5.10 Å². The highest BCUT2D eigenvalue weighted by atomic mass is 16.3. The van der Waals surface area contributed by atoms with Crippen molar-refractivity contribution in [3.63, 3.8) is 0 Å². The minimum Gasteiger partial charge on any atom is -0.507 e. The minimum atomic E-state index is -0.145. The maximum atomic E-state index is 9.40. The Labute approximate surface area is 68.5 Å². The summed E-state index contributed by atoms with van der Waals surface area (Å²) in [6, 6.07) is 5.04. The van der Waals surface area contributed by atoms with E-state index >= 15 is 0 Å². The molecule has 0 aliphatic rings. The Morgan fingerprint density at radius 2 is 2.25 bits per heavy atom. The predicted octanol–water partition coefficient (Wildman–Crippen LogP) is 0.761. The third kappa shape index (κ3) is 0.853. The van der Waals surface area contributed by atoms with Crippen molar-refractivity contribution < 1.29 is 10.2 Å². The molecule has 3 N–H and O–H groups in total. The molecule has 2 aromatic rings. The second kappa shape index (κ2) is 2.49. The van der Waals surface area contributed by atoms with Crippen molar-refractivity contribution in [1.82, 2.24) is 10.2 Å². The van der Waals surface area contributed by atoms with Crippen LogP contribution in [-0.2, 0) is 6.61 Å². The third-order valence-corrected chi connectivity index (χ3v) is 1.79. The highest BCUT2D eigenvalue weighted by Crippen LogP contribution is 2.25. The van der Waals surface area contributed by atoms with Crippen molar-refractivity contribution in [3.05, 3.63) is 23.9 Å². The number of aromatic hydroxyl groups is 1. The Morgan fingerprint density at radius 3 is 3.00 bits per heavy atom. The van der Waals surface area contributed by atoms with Gasteiger partial charge in [-0.25, -0.2) is 0 Å². The lowest BCUT2D eigenvalue weighted by Crippen LogP contribution is -1.82. The Kier molecular flexibility index (Phi) is 1.48. The topological polar surface area (TPSA) is 69.1 Å². The first-order chi connectivity index (χ1) is 5.83. The first kappa shape index (κ1) is 7.12. The van der Waals surface area contributed by atoms with E-state index in [0.717, 1.165) is 0 Å². The van der Waals surface area contributed by atoms with Crippen molar-refractivity contribution >= 4 is 10.9 Å². The molecule has 4 heteroatoms. The molecule has 1 aromatic carbocycles. The summed E-state index contributed by atoms with van der Waals surface area (Å²) < 4.78 is 0. The molecule has 62 valence electrons. The first-order valence-corrected chi connectivity index (χ1v) is 3.58. The fraction of sp³-hybridized carbons (Fsp3) is 0.125. The molecule has 1 heterocycles. The summed E-state index contributed by atoms with van der Waals surface area (Å²) in [5.74, 6) is 0.144. The van der Waals surface area contributed by atoms with Gasteiger partial charge < -0.3 is 10.2 Å². The smallest absolute Gasteiger partial charge is 0.126 e. The predicted molar refractivity (Wildman–Crippen MR) is 43.7 cm³/mol. The summed E-state index contributed by atoms with van der Waals surface area (Å²) in [5, 5.41) is 25.4. The molecule has 0 aliphatic carbocycles. The van der Waals surface area contributed by atoms with E-state index < -0.39 is 0 Å². The number of phenolic OH excluding ortho intramolecular Hbond substituents is 1. The molecule has 2 rings (SSSR count). The SMILES string of the molecule is OCc1[nH]nc2cccc(O)c12. The van der Waals surface area contributed by atoms with Gasteiger partial charge in [0.1, 0.15) is 5.75 Å². The van der Waals surface area contributed by atoms with Crippen LogP contribution in [-0.4, -0.2) is 20.4 Å². The molecular weight excluding hydrogens is 156 g/mol. The summed E-state index contributed by atoms with van der Waals surface area (Å²) >= 11 is 0. The number of nitrogens with zero attached hydrogens (tertiary/aromatic N) is 1. The Bertz CT molecular complexity index is 408. The Hall–Kier alpha value is -1.55. The van der Waals surface area contributed by atoms with Crippen LogP contribution in [0.2, 0.25) is 0 Å². The van der Waals surface area contributed by atoms with Gasteiger partial charge in [-0.2, -0.15) is 5.10 Å². The fourth-order valence-electron chi connectivity index (χ4n) is 1.23. The van der Waals surface area contributed by atoms with Gasteiger partial charge in [0.15, 0.2) is 0 Å². The number of phenols is 1. The van der Waals surface area contributed by atoms with E-state index in [1.165, 1.54) is 0 Å². The lowest BCUT2D eigenvalue weighted by atomic mass is 10.2. The maximum Gasteiger partial charge on any atom is 0.126 e. The molecule has 0 saturated carbocycles. The largest absolute Gasteiger partial charge is 0.507 e. The van der Waals surface area contributed by atoms with Crippen LogP contribution in [0.15, 0.2) is 18.2 Å². The number of aliphatic hydroxyl groups is 1. The molecule has 0 spiro atoms. The lowest BCUT2D eigenvalue weighted by Gasteiger charge is -1.94. The van der Waals surface area contributed by atoms with E-state index in [9.17, 15) is 5.11 Å². The number of aromatic amines is 1. The number of aromatic nitrogens is 2. The molecule has 0 saturated heterocycles. The second-order valence-corrected chi connectivity index (χ2v) is 2.53. The van der Waals surface area contributed by atoms with Gasteiger partial charge in [0.25, 0.3) is 0 Å². The molecule has 0 amide bonds. The van der Waals surface area contributed by atoms with Gasteiger partial charge >= 0.3 is 0 Å². The molecule has 12 heavy (non-hydrogen) atoms. The van der Waals surface area contributed by atoms with Crippen molar-refractivity contribution in [2.24, 2.45) is 0 Å². The van der Waals surface area contributed by atoms with Crippen molar-refractivity contribution in [2.45, 2.75) is 6.61 Å². The van der Waals surface area contributed by atoms with Crippen LogP contribution in [0, 0.1) is 0 Å². The van der Waals surface area contributed by atoms with Crippen LogP contribution >= 0.6 is 0 Å². The molecule has 1 aromatic heterocycles. The average molecular weight is 164 g/mol. The van der Waals surface area contributed by atoms with Gasteiger partial charge in [-0.1, -0.05) is 6.07 Å². The van der Waals surface area contributed by atoms with Crippen LogP contribution < -0.4 is 0 Å². The van der Waals surface area contributed by atoms with E-state index in [-0.39, 0.29) is 12.4 Å². The molecular formula is C8H8N2O2. The summed E-state index contributed by atoms with van der Waals surface area (Å²) in [4.78, 5) is 0. The molecule has 0 atom stereocenters. The van der Waals surface area contributed by atoms with Gasteiger partial charge in [-0.05, 0) is 12.1 Å². The second-order valence-electron chi connectivity index (χ2n) is 2.53. The summed E-state index contributed by atoms with van der Waals surface area (Å²) in [5.41, 5.74) is 1.21. The zero-order valence-electron chi connectivity index (χ0n) is 6.28. The average Bonchev–Trinajstić information content (AvgIpc) is 2.49. The third-order valence-electron chi connectivity index (χ3n) is 1.79. The summed E-state index contributed by atoms with van der Waals surface area (Å²) in [6.45, 7) is -0.145. The van der Waals surface area contributed by atoms with Crippen molar-refractivity contribution in [1.29, 1.82) is 0 Å². The van der Waals surface area contributed by atoms with Gasteiger partial charge in [-0.15, -0.1) is 0 Å². The quantitative estimate of drug-likeness (QED) is 0.582. The molecule has 4 nitrogen and oxygen atoms in total. The Morgan fingerprint density at radius 1 is 1.42 bits per heavy atom. The first-order valence-electron chi connectivity index (χ1n) is 3.58. The number of fused-ring (bicyclic) bond motifs is 1. The number of aliphatic hydroxyl groups excluding tert-OH is 1. The van der Waals surface area contributed by atoms with Crippen molar-refractivity contribution in [2.75, 3.05) is 0 Å². The lowest BCUT2D eigenvalue weighted by molar-refractivity contribution is 0.278. The summed E-state index contributed by atoms with van der Waals surface area (Å²) in [7, 11) is 0. The van der Waals surface area contributed by atoms with E-state index in [4.69, 9.17) is 5.11 Å². The van der Waals surface area contributed by atoms with Gasteiger partial charge in [0, 0.05) is 0 Å².